The molecular weight excluding hydrogens is 693 g/mol. The van der Waals surface area contributed by atoms with Crippen LogP contribution in [0.5, 0.6) is 0 Å². The zero-order valence-electron chi connectivity index (χ0n) is 30.3. The number of H-pyrrole nitrogens is 1. The van der Waals surface area contributed by atoms with Crippen molar-refractivity contribution in [2.75, 3.05) is 26.3 Å². The highest BCUT2D eigenvalue weighted by atomic mass is 31.2. The molecule has 4 aromatic carbocycles. The third-order valence-electron chi connectivity index (χ3n) is 10.0. The van der Waals surface area contributed by atoms with E-state index in [2.05, 4.69) is 83.6 Å². The predicted octanol–water partition coefficient (Wildman–Crippen LogP) is 5.96. The van der Waals surface area contributed by atoms with Gasteiger partial charge in [-0.1, -0.05) is 67.3 Å². The largest absolute Gasteiger partial charge is 0.368 e. The van der Waals surface area contributed by atoms with Gasteiger partial charge >= 0.3 is 5.69 Å². The molecule has 0 spiro atoms. The summed E-state index contributed by atoms with van der Waals surface area (Å²) in [4.78, 5) is 45.3. The van der Waals surface area contributed by atoms with Crippen LogP contribution in [0, 0.1) is 18.4 Å². The normalized spacial score (nSPS) is 21.5. The van der Waals surface area contributed by atoms with E-state index in [4.69, 9.17) is 25.1 Å². The average molecular weight is 736 g/mol. The number of amides is 1. The van der Waals surface area contributed by atoms with Crippen molar-refractivity contribution in [3.63, 3.8) is 0 Å². The minimum atomic E-state index is -1.61. The fraction of sp³-hybridized carbons (Fsp3) is 0.400. The fourth-order valence-electron chi connectivity index (χ4n) is 7.55. The van der Waals surface area contributed by atoms with E-state index in [1.807, 2.05) is 37.3 Å². The number of benzene rings is 4. The van der Waals surface area contributed by atoms with Crippen molar-refractivity contribution >= 4 is 46.8 Å². The first-order chi connectivity index (χ1) is 25.6. The Morgan fingerprint density at radius 2 is 1.79 bits per heavy atom. The van der Waals surface area contributed by atoms with Crippen molar-refractivity contribution in [3.8, 4) is 11.8 Å². The Morgan fingerprint density at radius 3 is 2.49 bits per heavy atom. The van der Waals surface area contributed by atoms with Crippen LogP contribution in [0.1, 0.15) is 63.2 Å². The maximum absolute atomic E-state index is 13.4. The van der Waals surface area contributed by atoms with Gasteiger partial charge in [-0.2, -0.15) is 0 Å². The van der Waals surface area contributed by atoms with Crippen LogP contribution in [0.3, 0.4) is 0 Å². The summed E-state index contributed by atoms with van der Waals surface area (Å²) >= 11 is 0. The van der Waals surface area contributed by atoms with Gasteiger partial charge in [0.05, 0.1) is 13.2 Å². The number of hydrogen-bond donors (Lipinski definition) is 2. The Hall–Kier alpha value is -4.65. The highest BCUT2D eigenvalue weighted by molar-refractivity contribution is 7.44. The molecule has 13 heteroatoms. The first-order valence-electron chi connectivity index (χ1n) is 17.9. The van der Waals surface area contributed by atoms with E-state index in [1.165, 1.54) is 10.8 Å². The standard InChI is InChI=1S/C40H42N5O7P/c1-7-40-23-49-34(35(40)52-53(50-21-20-41-6)45(24(2)3)25(4)5)38(51-40)44-22-29(36(46)43-39(44)48)12-9-19-42-37(47)31-18-16-28-14-13-26-10-8-11-27-15-17-30(31)33(28)32(26)27/h8,10-11,13-18,22,24-25,34-35,38H,7,19-21,23H2,1-5H3,(H,42,47)(H,43,46,48)/t34?,35-,38+,40+,53?/m0/s1. The lowest BCUT2D eigenvalue weighted by Gasteiger charge is -2.38. The minimum absolute atomic E-state index is 0.0286. The van der Waals surface area contributed by atoms with E-state index in [-0.39, 0.29) is 49.9 Å². The summed E-state index contributed by atoms with van der Waals surface area (Å²) < 4.78 is 29.1. The molecule has 5 atom stereocenters. The smallest absolute Gasteiger partial charge is 0.330 e. The van der Waals surface area contributed by atoms with Gasteiger partial charge in [-0.05, 0) is 72.5 Å². The lowest BCUT2D eigenvalue weighted by atomic mass is 9.92. The molecule has 53 heavy (non-hydrogen) atoms. The molecular formula is C40H42N5O7P. The molecule has 2 saturated heterocycles. The molecule has 1 aromatic heterocycles. The maximum atomic E-state index is 13.4. The number of aromatic amines is 1. The summed E-state index contributed by atoms with van der Waals surface area (Å²) in [6.45, 7) is 18.1. The molecule has 0 aliphatic carbocycles. The molecule has 0 saturated carbocycles. The zero-order valence-corrected chi connectivity index (χ0v) is 31.2. The SMILES string of the molecule is [C-]#[N+]CCOP(O[C@H]1C2OC[C@@]1(CC)O[C@H]2n1cc(C#CCNC(=O)c2ccc3ccc4cccc5ccc2c3c45)c(=O)[nH]c1=O)N(C(C)C)C(C)C. The molecule has 1 amide bonds. The predicted molar refractivity (Wildman–Crippen MR) is 205 cm³/mol. The number of carbonyl (C=O) groups is 1. The zero-order chi connectivity index (χ0) is 37.4. The molecule has 2 aliphatic heterocycles. The summed E-state index contributed by atoms with van der Waals surface area (Å²) in [7, 11) is -1.61. The second kappa shape index (κ2) is 15.0. The Bertz CT molecular complexity index is 2370. The number of aromatic nitrogens is 2. The van der Waals surface area contributed by atoms with Gasteiger partial charge in [-0.25, -0.2) is 16.0 Å². The van der Waals surface area contributed by atoms with E-state index in [0.717, 1.165) is 32.3 Å². The second-order valence-corrected chi connectivity index (χ2v) is 15.3. The van der Waals surface area contributed by atoms with E-state index >= 15 is 0 Å². The first kappa shape index (κ1) is 36.7. The van der Waals surface area contributed by atoms with Crippen LogP contribution in [0.25, 0.3) is 37.2 Å². The van der Waals surface area contributed by atoms with Crippen LogP contribution in [0.2, 0.25) is 0 Å². The maximum Gasteiger partial charge on any atom is 0.330 e. The molecule has 2 bridgehead atoms. The van der Waals surface area contributed by atoms with Crippen molar-refractivity contribution < 1.29 is 23.3 Å². The number of hydrogen-bond acceptors (Lipinski definition) is 8. The van der Waals surface area contributed by atoms with Gasteiger partial charge in [0.15, 0.2) is 6.23 Å². The number of nitrogens with one attached hydrogen (secondary N) is 2. The second-order valence-electron chi connectivity index (χ2n) is 13.9. The molecule has 0 radical (unpaired) electrons. The molecule has 2 fully saturated rings. The third-order valence-corrected chi connectivity index (χ3v) is 12.1. The van der Waals surface area contributed by atoms with Crippen molar-refractivity contribution in [2.45, 2.75) is 77.2 Å². The van der Waals surface area contributed by atoms with Crippen LogP contribution in [-0.2, 0) is 18.5 Å². The number of carbonyl (C=O) groups excluding carboxylic acids is 1. The highest BCUT2D eigenvalue weighted by Crippen LogP contribution is 2.55. The molecule has 274 valence electrons. The van der Waals surface area contributed by atoms with Crippen molar-refractivity contribution in [1.29, 1.82) is 0 Å². The molecule has 5 aromatic rings. The van der Waals surface area contributed by atoms with Gasteiger partial charge in [-0.15, -0.1) is 0 Å². The summed E-state index contributed by atoms with van der Waals surface area (Å²) in [5.74, 6) is 5.41. The summed E-state index contributed by atoms with van der Waals surface area (Å²) in [6.07, 6.45) is -0.259. The van der Waals surface area contributed by atoms with Gasteiger partial charge in [0.1, 0.15) is 30.0 Å². The first-order valence-corrected chi connectivity index (χ1v) is 19.0. The lowest BCUT2D eigenvalue weighted by molar-refractivity contribution is -0.175. The van der Waals surface area contributed by atoms with Crippen LogP contribution in [0.15, 0.2) is 70.4 Å². The molecule has 2 aliphatic rings. The van der Waals surface area contributed by atoms with Crippen LogP contribution in [-0.4, -0.2) is 76.3 Å². The van der Waals surface area contributed by atoms with E-state index in [9.17, 15) is 14.4 Å². The van der Waals surface area contributed by atoms with Gasteiger partial charge in [0, 0.05) is 23.8 Å². The fourth-order valence-corrected chi connectivity index (χ4v) is 9.35. The minimum Gasteiger partial charge on any atom is -0.368 e. The molecule has 12 nitrogen and oxygen atoms in total. The van der Waals surface area contributed by atoms with Crippen LogP contribution < -0.4 is 16.6 Å². The molecule has 3 heterocycles. The summed E-state index contributed by atoms with van der Waals surface area (Å²) in [6, 6.07) is 18.3. The average Bonchev–Trinajstić information content (AvgIpc) is 3.64. The number of ether oxygens (including phenoxy) is 2. The Morgan fingerprint density at radius 1 is 1.09 bits per heavy atom. The van der Waals surface area contributed by atoms with Gasteiger partial charge < -0.3 is 28.7 Å². The van der Waals surface area contributed by atoms with Crippen LogP contribution in [0.4, 0.5) is 0 Å². The van der Waals surface area contributed by atoms with E-state index < -0.39 is 43.8 Å². The van der Waals surface area contributed by atoms with Gasteiger partial charge in [0.2, 0.25) is 6.54 Å². The Labute approximate surface area is 308 Å². The summed E-state index contributed by atoms with van der Waals surface area (Å²) in [5, 5.41) is 9.16. The number of rotatable bonds is 12. The Kier molecular flexibility index (Phi) is 10.4. The van der Waals surface area contributed by atoms with Gasteiger partial charge in [0.25, 0.3) is 20.0 Å². The summed E-state index contributed by atoms with van der Waals surface area (Å²) in [5.41, 5.74) is -1.62. The van der Waals surface area contributed by atoms with Crippen molar-refractivity contribution in [1.82, 2.24) is 19.5 Å². The van der Waals surface area contributed by atoms with Crippen molar-refractivity contribution in [2.24, 2.45) is 0 Å². The lowest BCUT2D eigenvalue weighted by Crippen LogP contribution is -2.43. The van der Waals surface area contributed by atoms with E-state index in [0.29, 0.717) is 12.0 Å². The van der Waals surface area contributed by atoms with Crippen molar-refractivity contribution in [3.05, 3.63) is 104 Å². The van der Waals surface area contributed by atoms with Crippen LogP contribution >= 0.6 is 8.53 Å². The quantitative estimate of drug-likeness (QED) is 0.0529. The molecule has 2 N–H and O–H groups in total. The number of fused-ring (bicyclic) bond motifs is 2. The highest BCUT2D eigenvalue weighted by Gasteiger charge is 2.63. The van der Waals surface area contributed by atoms with E-state index in [1.54, 1.807) is 0 Å². The molecule has 2 unspecified atom stereocenters. The Balaban J connectivity index is 1.10. The van der Waals surface area contributed by atoms with Gasteiger partial charge in [-0.3, -0.25) is 19.1 Å². The number of nitrogens with zero attached hydrogens (tertiary/aromatic N) is 3. The molecule has 7 rings (SSSR count). The topological polar surface area (TPSA) is 128 Å². The monoisotopic (exact) mass is 735 g/mol. The third kappa shape index (κ3) is 6.72.